The molecule has 0 amide bonds. The lowest BCUT2D eigenvalue weighted by Crippen LogP contribution is -2.18. The number of anilines is 2. The predicted octanol–water partition coefficient (Wildman–Crippen LogP) is 1.57. The molecule has 0 atom stereocenters. The maximum atomic E-state index is 4.19. The van der Waals surface area contributed by atoms with Crippen LogP contribution in [0.1, 0.15) is 20.3 Å². The van der Waals surface area contributed by atoms with E-state index >= 15 is 0 Å². The van der Waals surface area contributed by atoms with Gasteiger partial charge in [0.05, 0.1) is 0 Å². The zero-order valence-corrected chi connectivity index (χ0v) is 11.0. The van der Waals surface area contributed by atoms with Crippen LogP contribution in [-0.2, 0) is 0 Å². The molecule has 1 aromatic rings. The lowest BCUT2D eigenvalue weighted by atomic mass is 10.1. The normalized spacial score (nSPS) is 10.6. The standard InChI is InChI=1S/C12H23N5/c1-10(2)4-5-14-11-8-12(17-9-16-11)15-7-6-13-3/h8-10,13H,4-7H2,1-3H3,(H2,14,15,16,17). The van der Waals surface area contributed by atoms with E-state index in [0.29, 0.717) is 5.92 Å². The molecule has 1 rings (SSSR count). The molecule has 96 valence electrons. The van der Waals surface area contributed by atoms with Crippen molar-refractivity contribution in [2.75, 3.05) is 37.3 Å². The van der Waals surface area contributed by atoms with Gasteiger partial charge in [-0.1, -0.05) is 13.8 Å². The Morgan fingerprint density at radius 3 is 2.29 bits per heavy atom. The zero-order valence-electron chi connectivity index (χ0n) is 11.0. The molecule has 0 aromatic carbocycles. The fraction of sp³-hybridized carbons (Fsp3) is 0.667. The van der Waals surface area contributed by atoms with Crippen LogP contribution in [0.3, 0.4) is 0 Å². The van der Waals surface area contributed by atoms with Crippen LogP contribution < -0.4 is 16.0 Å². The van der Waals surface area contributed by atoms with Gasteiger partial charge in [-0.2, -0.15) is 0 Å². The first-order chi connectivity index (χ1) is 8.22. The quantitative estimate of drug-likeness (QED) is 0.599. The van der Waals surface area contributed by atoms with E-state index in [0.717, 1.165) is 37.7 Å². The smallest absolute Gasteiger partial charge is 0.131 e. The Labute approximate surface area is 103 Å². The van der Waals surface area contributed by atoms with Gasteiger partial charge in [-0.05, 0) is 19.4 Å². The average molecular weight is 237 g/mol. The first kappa shape index (κ1) is 13.7. The summed E-state index contributed by atoms with van der Waals surface area (Å²) in [6.07, 6.45) is 2.73. The Kier molecular flexibility index (Phi) is 6.32. The summed E-state index contributed by atoms with van der Waals surface area (Å²) in [5.74, 6) is 2.45. The van der Waals surface area contributed by atoms with Crippen molar-refractivity contribution in [1.82, 2.24) is 15.3 Å². The van der Waals surface area contributed by atoms with Crippen molar-refractivity contribution in [1.29, 1.82) is 0 Å². The van der Waals surface area contributed by atoms with Crippen LogP contribution in [0.25, 0.3) is 0 Å². The second kappa shape index (κ2) is 7.84. The molecule has 0 saturated carbocycles. The number of hydrogen-bond acceptors (Lipinski definition) is 5. The SMILES string of the molecule is CNCCNc1cc(NCCC(C)C)ncn1. The predicted molar refractivity (Wildman–Crippen MR) is 72.4 cm³/mol. The Morgan fingerprint density at radius 1 is 1.06 bits per heavy atom. The molecule has 0 aliphatic rings. The minimum atomic E-state index is 0.706. The topological polar surface area (TPSA) is 61.9 Å². The fourth-order valence-electron chi connectivity index (χ4n) is 1.36. The molecule has 0 aliphatic heterocycles. The number of hydrogen-bond donors (Lipinski definition) is 3. The van der Waals surface area contributed by atoms with Crippen LogP contribution in [0.15, 0.2) is 12.4 Å². The van der Waals surface area contributed by atoms with Gasteiger partial charge in [0, 0.05) is 25.7 Å². The van der Waals surface area contributed by atoms with E-state index in [1.807, 2.05) is 13.1 Å². The Morgan fingerprint density at radius 2 is 1.71 bits per heavy atom. The first-order valence-corrected chi connectivity index (χ1v) is 6.16. The van der Waals surface area contributed by atoms with Gasteiger partial charge in [-0.25, -0.2) is 9.97 Å². The molecule has 1 aromatic heterocycles. The average Bonchev–Trinajstić information content (AvgIpc) is 2.29. The summed E-state index contributed by atoms with van der Waals surface area (Å²) in [4.78, 5) is 8.35. The fourth-order valence-corrected chi connectivity index (χ4v) is 1.36. The highest BCUT2D eigenvalue weighted by atomic mass is 15.1. The largest absolute Gasteiger partial charge is 0.370 e. The maximum absolute atomic E-state index is 4.19. The molecule has 5 nitrogen and oxygen atoms in total. The molecule has 0 radical (unpaired) electrons. The molecule has 17 heavy (non-hydrogen) atoms. The summed E-state index contributed by atoms with van der Waals surface area (Å²) in [5, 5.41) is 9.61. The van der Waals surface area contributed by atoms with E-state index < -0.39 is 0 Å². The van der Waals surface area contributed by atoms with E-state index in [-0.39, 0.29) is 0 Å². The van der Waals surface area contributed by atoms with Gasteiger partial charge in [0.1, 0.15) is 18.0 Å². The summed E-state index contributed by atoms with van der Waals surface area (Å²) >= 11 is 0. The van der Waals surface area contributed by atoms with E-state index in [1.165, 1.54) is 0 Å². The third-order valence-corrected chi connectivity index (χ3v) is 2.38. The maximum Gasteiger partial charge on any atom is 0.131 e. The van der Waals surface area contributed by atoms with Gasteiger partial charge in [-0.15, -0.1) is 0 Å². The number of nitrogens with zero attached hydrogens (tertiary/aromatic N) is 2. The number of nitrogens with one attached hydrogen (secondary N) is 3. The third-order valence-electron chi connectivity index (χ3n) is 2.38. The summed E-state index contributed by atoms with van der Waals surface area (Å²) in [5.41, 5.74) is 0. The molecule has 5 heteroatoms. The van der Waals surface area contributed by atoms with Gasteiger partial charge in [-0.3, -0.25) is 0 Å². The van der Waals surface area contributed by atoms with Gasteiger partial charge >= 0.3 is 0 Å². The van der Waals surface area contributed by atoms with Crippen LogP contribution >= 0.6 is 0 Å². The highest BCUT2D eigenvalue weighted by molar-refractivity contribution is 5.46. The van der Waals surface area contributed by atoms with Gasteiger partial charge in [0.15, 0.2) is 0 Å². The minimum Gasteiger partial charge on any atom is -0.370 e. The highest BCUT2D eigenvalue weighted by Crippen LogP contribution is 2.08. The van der Waals surface area contributed by atoms with Crippen LogP contribution in [0, 0.1) is 5.92 Å². The Balaban J connectivity index is 2.37. The molecule has 1 heterocycles. The van der Waals surface area contributed by atoms with Crippen molar-refractivity contribution in [3.05, 3.63) is 12.4 Å². The summed E-state index contributed by atoms with van der Waals surface area (Å²) in [7, 11) is 1.93. The lowest BCUT2D eigenvalue weighted by molar-refractivity contribution is 0.606. The Hall–Kier alpha value is -1.36. The molecular weight excluding hydrogens is 214 g/mol. The van der Waals surface area contributed by atoms with Crippen molar-refractivity contribution < 1.29 is 0 Å². The summed E-state index contributed by atoms with van der Waals surface area (Å²) < 4.78 is 0. The molecular formula is C12H23N5. The number of likely N-dealkylation sites (N-methyl/N-ethyl adjacent to an activating group) is 1. The second-order valence-electron chi connectivity index (χ2n) is 4.43. The molecule has 3 N–H and O–H groups in total. The van der Waals surface area contributed by atoms with E-state index in [1.54, 1.807) is 6.33 Å². The van der Waals surface area contributed by atoms with Crippen LogP contribution in [0.5, 0.6) is 0 Å². The molecule has 0 aliphatic carbocycles. The van der Waals surface area contributed by atoms with E-state index in [9.17, 15) is 0 Å². The minimum absolute atomic E-state index is 0.706. The van der Waals surface area contributed by atoms with Gasteiger partial charge < -0.3 is 16.0 Å². The number of rotatable bonds is 8. The van der Waals surface area contributed by atoms with Crippen LogP contribution in [0.4, 0.5) is 11.6 Å². The molecule has 0 unspecified atom stereocenters. The molecule has 0 saturated heterocycles. The first-order valence-electron chi connectivity index (χ1n) is 6.16. The summed E-state index contributed by atoms with van der Waals surface area (Å²) in [6.45, 7) is 7.16. The van der Waals surface area contributed by atoms with Gasteiger partial charge in [0.25, 0.3) is 0 Å². The number of aromatic nitrogens is 2. The third kappa shape index (κ3) is 6.06. The van der Waals surface area contributed by atoms with Crippen molar-refractivity contribution in [2.45, 2.75) is 20.3 Å². The summed E-state index contributed by atoms with van der Waals surface area (Å²) in [6, 6.07) is 1.94. The highest BCUT2D eigenvalue weighted by Gasteiger charge is 1.98. The molecule has 0 spiro atoms. The van der Waals surface area contributed by atoms with Crippen LogP contribution in [-0.4, -0.2) is 36.6 Å². The monoisotopic (exact) mass is 237 g/mol. The van der Waals surface area contributed by atoms with E-state index in [4.69, 9.17) is 0 Å². The zero-order chi connectivity index (χ0) is 12.5. The lowest BCUT2D eigenvalue weighted by Gasteiger charge is -2.09. The molecule has 0 bridgehead atoms. The Bertz CT molecular complexity index is 314. The van der Waals surface area contributed by atoms with Crippen molar-refractivity contribution in [2.24, 2.45) is 5.92 Å². The van der Waals surface area contributed by atoms with Crippen molar-refractivity contribution in [3.63, 3.8) is 0 Å². The molecule has 0 fully saturated rings. The van der Waals surface area contributed by atoms with Crippen molar-refractivity contribution >= 4 is 11.6 Å². The van der Waals surface area contributed by atoms with Crippen LogP contribution in [0.2, 0.25) is 0 Å². The van der Waals surface area contributed by atoms with Gasteiger partial charge in [0.2, 0.25) is 0 Å². The van der Waals surface area contributed by atoms with Crippen molar-refractivity contribution in [3.8, 4) is 0 Å². The van der Waals surface area contributed by atoms with E-state index in [2.05, 4.69) is 39.8 Å². The second-order valence-corrected chi connectivity index (χ2v) is 4.43.